The van der Waals surface area contributed by atoms with E-state index in [9.17, 15) is 14.4 Å². The minimum absolute atomic E-state index is 0.165. The number of amides is 2. The third-order valence-electron chi connectivity index (χ3n) is 6.43. The third kappa shape index (κ3) is 2.57. The molecule has 0 spiro atoms. The maximum Gasteiger partial charge on any atom is 0.343 e. The van der Waals surface area contributed by atoms with Gasteiger partial charge in [-0.2, -0.15) is 10.1 Å². The van der Waals surface area contributed by atoms with E-state index in [-0.39, 0.29) is 42.1 Å². The average Bonchev–Trinajstić information content (AvgIpc) is 3.50. The van der Waals surface area contributed by atoms with Crippen molar-refractivity contribution in [2.24, 2.45) is 40.6 Å². The van der Waals surface area contributed by atoms with Crippen LogP contribution in [-0.4, -0.2) is 42.7 Å². The Kier molecular flexibility index (Phi) is 3.86. The van der Waals surface area contributed by atoms with E-state index in [1.54, 1.807) is 24.3 Å². The Morgan fingerprint density at radius 3 is 2.29 bits per heavy atom. The van der Waals surface area contributed by atoms with Crippen LogP contribution in [0.3, 0.4) is 0 Å². The zero-order chi connectivity index (χ0) is 19.4. The van der Waals surface area contributed by atoms with Crippen molar-refractivity contribution >= 4 is 24.0 Å². The van der Waals surface area contributed by atoms with Crippen LogP contribution in [0.15, 0.2) is 41.5 Å². The number of methoxy groups -OCH3 is 1. The predicted molar refractivity (Wildman–Crippen MR) is 98.1 cm³/mol. The fourth-order valence-electron chi connectivity index (χ4n) is 5.03. The molecule has 1 heterocycles. The number of carbonyl (C=O) groups is 3. The first-order chi connectivity index (χ1) is 13.6. The lowest BCUT2D eigenvalue weighted by molar-refractivity contribution is -0.143. The van der Waals surface area contributed by atoms with Gasteiger partial charge in [0.25, 0.3) is 11.8 Å². The van der Waals surface area contributed by atoms with Gasteiger partial charge in [0.05, 0.1) is 25.2 Å². The van der Waals surface area contributed by atoms with Crippen LogP contribution >= 0.6 is 0 Å². The highest BCUT2D eigenvalue weighted by atomic mass is 16.6. The number of rotatable bonds is 5. The van der Waals surface area contributed by atoms with Crippen LogP contribution in [0.25, 0.3) is 0 Å². The normalized spacial score (nSPS) is 34.5. The van der Waals surface area contributed by atoms with Crippen molar-refractivity contribution in [1.29, 1.82) is 0 Å². The van der Waals surface area contributed by atoms with Gasteiger partial charge in [0.1, 0.15) is 5.75 Å². The number of ether oxygens (including phenoxy) is 2. The van der Waals surface area contributed by atoms with E-state index < -0.39 is 5.97 Å². The molecule has 1 saturated heterocycles. The van der Waals surface area contributed by atoms with Gasteiger partial charge in [-0.15, -0.1) is 0 Å². The second-order valence-corrected chi connectivity index (χ2v) is 7.82. The molecule has 5 aliphatic rings. The molecule has 7 heteroatoms. The van der Waals surface area contributed by atoms with Crippen molar-refractivity contribution in [2.45, 2.75) is 6.42 Å². The highest BCUT2D eigenvalue weighted by molar-refractivity contribution is 6.06. The highest BCUT2D eigenvalue weighted by Crippen LogP contribution is 2.65. The van der Waals surface area contributed by atoms with Crippen molar-refractivity contribution in [3.63, 3.8) is 0 Å². The van der Waals surface area contributed by atoms with E-state index in [1.807, 2.05) is 0 Å². The molecule has 1 aromatic rings. The molecular weight excluding hydrogens is 360 g/mol. The summed E-state index contributed by atoms with van der Waals surface area (Å²) in [6.45, 7) is -0.165. The van der Waals surface area contributed by atoms with E-state index in [0.29, 0.717) is 17.6 Å². The third-order valence-corrected chi connectivity index (χ3v) is 6.43. The summed E-state index contributed by atoms with van der Waals surface area (Å²) in [7, 11) is 1.30. The fourth-order valence-corrected chi connectivity index (χ4v) is 5.03. The van der Waals surface area contributed by atoms with Crippen molar-refractivity contribution in [3.05, 3.63) is 42.0 Å². The summed E-state index contributed by atoms with van der Waals surface area (Å²) >= 11 is 0. The van der Waals surface area contributed by atoms with Gasteiger partial charge >= 0.3 is 5.97 Å². The predicted octanol–water partition coefficient (Wildman–Crippen LogP) is 1.63. The summed E-state index contributed by atoms with van der Waals surface area (Å²) in [5, 5.41) is 5.26. The molecule has 1 aliphatic heterocycles. The van der Waals surface area contributed by atoms with Gasteiger partial charge in [-0.05, 0) is 59.9 Å². The second-order valence-electron chi connectivity index (χ2n) is 7.82. The molecule has 0 unspecified atom stereocenters. The molecule has 0 radical (unpaired) electrons. The molecular formula is C21H20N2O5. The monoisotopic (exact) mass is 380 g/mol. The first-order valence-corrected chi connectivity index (χ1v) is 9.48. The van der Waals surface area contributed by atoms with Crippen molar-refractivity contribution in [1.82, 2.24) is 5.01 Å². The number of allylic oxidation sites excluding steroid dienone is 2. The number of benzene rings is 1. The summed E-state index contributed by atoms with van der Waals surface area (Å²) in [5.41, 5.74) is 0.727. The SMILES string of the molecule is COC(=O)COc1ccc(/C=N\N2C(=O)[C@@H]3[C@H]4C=C[C@@H]([C@@H]5C[C@H]45)[C@H]3C2=O)cc1. The second kappa shape index (κ2) is 6.29. The van der Waals surface area contributed by atoms with Crippen molar-refractivity contribution < 1.29 is 23.9 Å². The zero-order valence-electron chi connectivity index (χ0n) is 15.4. The van der Waals surface area contributed by atoms with E-state index >= 15 is 0 Å². The molecule has 3 fully saturated rings. The number of imide groups is 1. The minimum atomic E-state index is -0.459. The molecule has 2 amide bonds. The standard InChI is InChI=1S/C21H20N2O5/c1-27-17(24)10-28-12-4-2-11(3-5-12)9-22-23-20(25)18-13-6-7-14(16-8-15(13)16)19(18)21(23)26/h2-7,9,13-16,18-19H,8,10H2,1H3/b22-9-/t13-,14-,15-,16+,18+,19+/m0/s1. The highest BCUT2D eigenvalue weighted by Gasteiger charge is 2.67. The Bertz CT molecular complexity index is 870. The molecule has 0 aromatic heterocycles. The van der Waals surface area contributed by atoms with E-state index in [0.717, 1.165) is 17.0 Å². The summed E-state index contributed by atoms with van der Waals surface area (Å²) < 4.78 is 9.81. The van der Waals surface area contributed by atoms with Crippen molar-refractivity contribution in [3.8, 4) is 5.75 Å². The molecule has 2 saturated carbocycles. The maximum atomic E-state index is 12.9. The molecule has 144 valence electrons. The van der Waals surface area contributed by atoms with Crippen LogP contribution in [0.4, 0.5) is 0 Å². The van der Waals surface area contributed by atoms with Crippen LogP contribution in [0.1, 0.15) is 12.0 Å². The number of carbonyl (C=O) groups excluding carboxylic acids is 3. The van der Waals surface area contributed by atoms with Gasteiger partial charge in [-0.25, -0.2) is 4.79 Å². The first kappa shape index (κ1) is 17.2. The molecule has 7 nitrogen and oxygen atoms in total. The Morgan fingerprint density at radius 2 is 1.71 bits per heavy atom. The zero-order valence-corrected chi connectivity index (χ0v) is 15.4. The lowest BCUT2D eigenvalue weighted by atomic mass is 9.63. The molecule has 6 rings (SSSR count). The summed E-state index contributed by atoms with van der Waals surface area (Å²) in [5.74, 6) is 0.788. The molecule has 1 aromatic carbocycles. The van der Waals surface area contributed by atoms with Crippen LogP contribution in [0.5, 0.6) is 5.75 Å². The molecule has 4 aliphatic carbocycles. The molecule has 6 atom stereocenters. The quantitative estimate of drug-likeness (QED) is 0.335. The van der Waals surface area contributed by atoms with Crippen LogP contribution < -0.4 is 4.74 Å². The number of esters is 1. The van der Waals surface area contributed by atoms with Crippen LogP contribution in [0, 0.1) is 35.5 Å². The molecule has 2 bridgehead atoms. The smallest absolute Gasteiger partial charge is 0.343 e. The van der Waals surface area contributed by atoms with Gasteiger partial charge in [0.2, 0.25) is 0 Å². The number of hydrogen-bond acceptors (Lipinski definition) is 6. The van der Waals surface area contributed by atoms with Crippen LogP contribution in [-0.2, 0) is 19.1 Å². The number of nitrogens with zero attached hydrogens (tertiary/aromatic N) is 2. The lowest BCUT2D eigenvalue weighted by Gasteiger charge is -2.37. The Morgan fingerprint density at radius 1 is 1.11 bits per heavy atom. The minimum Gasteiger partial charge on any atom is -0.482 e. The topological polar surface area (TPSA) is 85.3 Å². The molecule has 0 N–H and O–H groups in total. The summed E-state index contributed by atoms with van der Waals surface area (Å²) in [4.78, 5) is 36.8. The first-order valence-electron chi connectivity index (χ1n) is 9.48. The van der Waals surface area contributed by atoms with Gasteiger partial charge in [-0.1, -0.05) is 12.2 Å². The fraction of sp³-hybridized carbons (Fsp3) is 0.429. The van der Waals surface area contributed by atoms with Gasteiger partial charge in [0.15, 0.2) is 6.61 Å². The summed E-state index contributed by atoms with van der Waals surface area (Å²) in [6, 6.07) is 6.87. The Labute approximate surface area is 162 Å². The van der Waals surface area contributed by atoms with Crippen molar-refractivity contribution in [2.75, 3.05) is 13.7 Å². The number of hydrogen-bond donors (Lipinski definition) is 0. The van der Waals surface area contributed by atoms with E-state index in [1.165, 1.54) is 13.3 Å². The van der Waals surface area contributed by atoms with Crippen LogP contribution in [0.2, 0.25) is 0 Å². The van der Waals surface area contributed by atoms with Gasteiger partial charge in [-0.3, -0.25) is 9.59 Å². The van der Waals surface area contributed by atoms with E-state index in [4.69, 9.17) is 4.74 Å². The van der Waals surface area contributed by atoms with E-state index in [2.05, 4.69) is 22.0 Å². The molecule has 28 heavy (non-hydrogen) atoms. The van der Waals surface area contributed by atoms with Gasteiger partial charge in [0, 0.05) is 0 Å². The number of hydrazone groups is 1. The largest absolute Gasteiger partial charge is 0.482 e. The average molecular weight is 380 g/mol. The Balaban J connectivity index is 1.28. The maximum absolute atomic E-state index is 12.9. The van der Waals surface area contributed by atoms with Gasteiger partial charge < -0.3 is 9.47 Å². The Hall–Kier alpha value is -2.96. The lowest BCUT2D eigenvalue weighted by Crippen LogP contribution is -2.40. The summed E-state index contributed by atoms with van der Waals surface area (Å²) in [6.07, 6.45) is 6.94.